The second kappa shape index (κ2) is 8.55. The molecule has 0 fully saturated rings. The van der Waals surface area contributed by atoms with Gasteiger partial charge in [-0.25, -0.2) is 4.39 Å². The number of benzene rings is 1. The van der Waals surface area contributed by atoms with Crippen molar-refractivity contribution in [1.82, 2.24) is 5.32 Å². The summed E-state index contributed by atoms with van der Waals surface area (Å²) in [5.41, 5.74) is 6.25. The molecule has 20 heavy (non-hydrogen) atoms. The molecule has 0 aliphatic rings. The Morgan fingerprint density at radius 2 is 2.00 bits per heavy atom. The number of halogens is 1. The van der Waals surface area contributed by atoms with Crippen molar-refractivity contribution in [3.05, 3.63) is 35.6 Å². The van der Waals surface area contributed by atoms with Gasteiger partial charge < -0.3 is 16.2 Å². The van der Waals surface area contributed by atoms with Gasteiger partial charge >= 0.3 is 5.97 Å². The lowest BCUT2D eigenvalue weighted by molar-refractivity contribution is -0.138. The number of carboxylic acids is 1. The first kappa shape index (κ1) is 16.5. The predicted molar refractivity (Wildman–Crippen MR) is 76.0 cm³/mol. The van der Waals surface area contributed by atoms with Crippen molar-refractivity contribution in [2.75, 3.05) is 18.1 Å². The summed E-state index contributed by atoms with van der Waals surface area (Å²) >= 11 is 1.18. The van der Waals surface area contributed by atoms with E-state index in [0.717, 1.165) is 5.56 Å². The maximum Gasteiger partial charge on any atom is 0.321 e. The average molecular weight is 300 g/mol. The van der Waals surface area contributed by atoms with Gasteiger partial charge in [0.1, 0.15) is 11.9 Å². The molecule has 110 valence electrons. The third-order valence-corrected chi connectivity index (χ3v) is 3.56. The standard InChI is InChI=1S/C13H17FN2O3S/c14-10-3-1-9(2-4-10)5-6-16-12(17)8-20-7-11(15)13(18)19/h1-4,11H,5-8,15H2,(H,16,17)(H,18,19). The van der Waals surface area contributed by atoms with Gasteiger partial charge in [-0.15, -0.1) is 11.8 Å². The van der Waals surface area contributed by atoms with Gasteiger partial charge in [0.2, 0.25) is 5.91 Å². The highest BCUT2D eigenvalue weighted by atomic mass is 32.2. The molecule has 5 nitrogen and oxygen atoms in total. The summed E-state index contributed by atoms with van der Waals surface area (Å²) in [6.07, 6.45) is 0.616. The second-order valence-corrected chi connectivity index (χ2v) is 5.22. The molecule has 1 aromatic rings. The van der Waals surface area contributed by atoms with Crippen LogP contribution in [0.15, 0.2) is 24.3 Å². The lowest BCUT2D eigenvalue weighted by Gasteiger charge is -2.07. The molecule has 0 aliphatic carbocycles. The number of aliphatic carboxylic acids is 1. The van der Waals surface area contributed by atoms with Gasteiger partial charge in [0.25, 0.3) is 0 Å². The van der Waals surface area contributed by atoms with Crippen molar-refractivity contribution in [2.24, 2.45) is 5.73 Å². The minimum absolute atomic E-state index is 0.171. The van der Waals surface area contributed by atoms with Crippen molar-refractivity contribution >= 4 is 23.6 Å². The lowest BCUT2D eigenvalue weighted by atomic mass is 10.1. The van der Waals surface area contributed by atoms with Crippen molar-refractivity contribution in [2.45, 2.75) is 12.5 Å². The number of amides is 1. The Hall–Kier alpha value is -1.60. The van der Waals surface area contributed by atoms with Crippen LogP contribution in [0.4, 0.5) is 4.39 Å². The number of nitrogens with one attached hydrogen (secondary N) is 1. The Bertz CT molecular complexity index is 453. The molecule has 1 unspecified atom stereocenters. The minimum Gasteiger partial charge on any atom is -0.480 e. The highest BCUT2D eigenvalue weighted by Gasteiger charge is 2.11. The summed E-state index contributed by atoms with van der Waals surface area (Å²) in [5.74, 6) is -1.17. The molecule has 1 amide bonds. The van der Waals surface area contributed by atoms with E-state index in [1.165, 1.54) is 23.9 Å². The van der Waals surface area contributed by atoms with Crippen molar-refractivity contribution < 1.29 is 19.1 Å². The summed E-state index contributed by atoms with van der Waals surface area (Å²) in [5, 5.41) is 11.3. The van der Waals surface area contributed by atoms with E-state index in [9.17, 15) is 14.0 Å². The van der Waals surface area contributed by atoms with Crippen LogP contribution in [0, 0.1) is 5.82 Å². The van der Waals surface area contributed by atoms with Crippen LogP contribution in [-0.2, 0) is 16.0 Å². The summed E-state index contributed by atoms with van der Waals surface area (Å²) < 4.78 is 12.7. The molecule has 0 saturated carbocycles. The Kier molecular flexibility index (Phi) is 7.03. The maximum absolute atomic E-state index is 12.7. The molecule has 1 aromatic carbocycles. The number of thioether (sulfide) groups is 1. The van der Waals surface area contributed by atoms with Gasteiger partial charge in [-0.3, -0.25) is 9.59 Å². The lowest BCUT2D eigenvalue weighted by Crippen LogP contribution is -2.33. The van der Waals surface area contributed by atoms with Gasteiger partial charge in [-0.2, -0.15) is 0 Å². The first-order valence-electron chi connectivity index (χ1n) is 6.06. The smallest absolute Gasteiger partial charge is 0.321 e. The molecular formula is C13H17FN2O3S. The topological polar surface area (TPSA) is 92.4 Å². The number of carbonyl (C=O) groups is 2. The van der Waals surface area contributed by atoms with Crippen LogP contribution in [0.5, 0.6) is 0 Å². The molecule has 0 aromatic heterocycles. The normalized spacial score (nSPS) is 11.9. The number of carbonyl (C=O) groups excluding carboxylic acids is 1. The highest BCUT2D eigenvalue weighted by molar-refractivity contribution is 8.00. The van der Waals surface area contributed by atoms with Crippen molar-refractivity contribution in [1.29, 1.82) is 0 Å². The Morgan fingerprint density at radius 3 is 2.60 bits per heavy atom. The summed E-state index contributed by atoms with van der Waals surface area (Å²) in [4.78, 5) is 21.9. The predicted octanol–water partition coefficient (Wildman–Crippen LogP) is 0.629. The van der Waals surface area contributed by atoms with Gasteiger partial charge in [-0.1, -0.05) is 12.1 Å². The van der Waals surface area contributed by atoms with Crippen LogP contribution in [0.3, 0.4) is 0 Å². The second-order valence-electron chi connectivity index (χ2n) is 4.19. The Balaban J connectivity index is 2.14. The van der Waals surface area contributed by atoms with E-state index in [0.29, 0.717) is 13.0 Å². The Labute approximate surface area is 120 Å². The molecule has 7 heteroatoms. The highest BCUT2D eigenvalue weighted by Crippen LogP contribution is 2.03. The van der Waals surface area contributed by atoms with Crippen LogP contribution in [0.2, 0.25) is 0 Å². The zero-order valence-electron chi connectivity index (χ0n) is 10.8. The third-order valence-electron chi connectivity index (χ3n) is 2.50. The average Bonchev–Trinajstić information content (AvgIpc) is 2.40. The minimum atomic E-state index is -1.07. The van der Waals surface area contributed by atoms with Crippen LogP contribution in [0.1, 0.15) is 5.56 Å². The van der Waals surface area contributed by atoms with Gasteiger partial charge in [0.15, 0.2) is 0 Å². The molecule has 1 rings (SSSR count). The molecular weight excluding hydrogens is 283 g/mol. The van der Waals surface area contributed by atoms with Gasteiger partial charge in [0.05, 0.1) is 5.75 Å². The van der Waals surface area contributed by atoms with Gasteiger partial charge in [0, 0.05) is 12.3 Å². The first-order chi connectivity index (χ1) is 9.49. The monoisotopic (exact) mass is 300 g/mol. The summed E-state index contributed by atoms with van der Waals surface area (Å²) in [7, 11) is 0. The van der Waals surface area contributed by atoms with E-state index in [1.807, 2.05) is 0 Å². The molecule has 0 heterocycles. The summed E-state index contributed by atoms with van der Waals surface area (Å²) in [6, 6.07) is 5.14. The summed E-state index contributed by atoms with van der Waals surface area (Å²) in [6.45, 7) is 0.454. The molecule has 0 saturated heterocycles. The zero-order chi connectivity index (χ0) is 15.0. The quantitative estimate of drug-likeness (QED) is 0.655. The van der Waals surface area contributed by atoms with E-state index in [-0.39, 0.29) is 23.2 Å². The van der Waals surface area contributed by atoms with Crippen LogP contribution in [-0.4, -0.2) is 41.1 Å². The van der Waals surface area contributed by atoms with Crippen LogP contribution < -0.4 is 11.1 Å². The van der Waals surface area contributed by atoms with E-state index in [1.54, 1.807) is 12.1 Å². The molecule has 0 bridgehead atoms. The number of carboxylic acid groups (broad SMARTS) is 1. The fourth-order valence-electron chi connectivity index (χ4n) is 1.40. The van der Waals surface area contributed by atoms with Crippen molar-refractivity contribution in [3.63, 3.8) is 0 Å². The van der Waals surface area contributed by atoms with E-state index < -0.39 is 12.0 Å². The fraction of sp³-hybridized carbons (Fsp3) is 0.385. The first-order valence-corrected chi connectivity index (χ1v) is 7.22. The SMILES string of the molecule is NC(CSCC(=O)NCCc1ccc(F)cc1)C(=O)O. The van der Waals surface area contributed by atoms with Crippen LogP contribution >= 0.6 is 11.8 Å². The van der Waals surface area contributed by atoms with E-state index in [2.05, 4.69) is 5.32 Å². The Morgan fingerprint density at radius 1 is 1.35 bits per heavy atom. The maximum atomic E-state index is 12.7. The molecule has 0 radical (unpaired) electrons. The number of hydrogen-bond acceptors (Lipinski definition) is 4. The van der Waals surface area contributed by atoms with Gasteiger partial charge in [-0.05, 0) is 24.1 Å². The number of nitrogens with two attached hydrogens (primary N) is 1. The molecule has 1 atom stereocenters. The largest absolute Gasteiger partial charge is 0.480 e. The molecule has 0 spiro atoms. The van der Waals surface area contributed by atoms with E-state index >= 15 is 0 Å². The number of rotatable bonds is 8. The molecule has 4 N–H and O–H groups in total. The fourth-order valence-corrected chi connectivity index (χ4v) is 2.20. The molecule has 0 aliphatic heterocycles. The third kappa shape index (κ3) is 6.53. The number of hydrogen-bond donors (Lipinski definition) is 3. The van der Waals surface area contributed by atoms with Crippen molar-refractivity contribution in [3.8, 4) is 0 Å². The van der Waals surface area contributed by atoms with Crippen LogP contribution in [0.25, 0.3) is 0 Å². The zero-order valence-corrected chi connectivity index (χ0v) is 11.7. The van der Waals surface area contributed by atoms with E-state index in [4.69, 9.17) is 10.8 Å².